The first-order valence-electron chi connectivity index (χ1n) is 7.00. The highest BCUT2D eigenvalue weighted by Gasteiger charge is 2.14. The van der Waals surface area contributed by atoms with Gasteiger partial charge in [0.05, 0.1) is 6.10 Å². The second kappa shape index (κ2) is 7.37. The lowest BCUT2D eigenvalue weighted by Gasteiger charge is -2.30. The van der Waals surface area contributed by atoms with E-state index in [0.717, 1.165) is 24.3 Å². The van der Waals surface area contributed by atoms with Crippen molar-refractivity contribution in [3.63, 3.8) is 0 Å². The average Bonchev–Trinajstić information content (AvgIpc) is 2.39. The molecule has 0 saturated heterocycles. The maximum atomic E-state index is 9.66. The van der Waals surface area contributed by atoms with E-state index >= 15 is 0 Å². The number of aliphatic hydroxyl groups is 1. The van der Waals surface area contributed by atoms with Gasteiger partial charge in [0.15, 0.2) is 0 Å². The van der Waals surface area contributed by atoms with E-state index in [2.05, 4.69) is 30.7 Å². The molecular formula is C15H26N2O. The van der Waals surface area contributed by atoms with Gasteiger partial charge in [-0.15, -0.1) is 0 Å². The lowest BCUT2D eigenvalue weighted by Crippen LogP contribution is -2.34. The number of hydrogen-bond donors (Lipinski definition) is 1. The molecule has 0 spiro atoms. The minimum absolute atomic E-state index is 0.434. The van der Waals surface area contributed by atoms with Crippen LogP contribution in [0.4, 0.5) is 5.82 Å². The predicted octanol–water partition coefficient (Wildman–Crippen LogP) is 3.54. The van der Waals surface area contributed by atoms with Crippen molar-refractivity contribution in [3.8, 4) is 0 Å². The van der Waals surface area contributed by atoms with Gasteiger partial charge in [-0.1, -0.05) is 20.3 Å². The van der Waals surface area contributed by atoms with Crippen molar-refractivity contribution < 1.29 is 5.11 Å². The fourth-order valence-electron chi connectivity index (χ4n) is 1.96. The van der Waals surface area contributed by atoms with Gasteiger partial charge in [0, 0.05) is 18.8 Å². The van der Waals surface area contributed by atoms with Gasteiger partial charge in [-0.2, -0.15) is 0 Å². The Hall–Kier alpha value is -1.09. The molecule has 0 fully saturated rings. The molecule has 18 heavy (non-hydrogen) atoms. The first-order chi connectivity index (χ1) is 8.60. The number of rotatable bonds is 7. The molecule has 0 amide bonds. The van der Waals surface area contributed by atoms with Crippen LogP contribution in [-0.4, -0.2) is 22.7 Å². The summed E-state index contributed by atoms with van der Waals surface area (Å²) in [6, 6.07) is 4.36. The van der Waals surface area contributed by atoms with E-state index in [1.807, 2.05) is 12.1 Å². The first-order valence-corrected chi connectivity index (χ1v) is 7.00. The molecule has 3 heteroatoms. The number of aromatic nitrogens is 1. The highest BCUT2D eigenvalue weighted by Crippen LogP contribution is 2.21. The Balaban J connectivity index is 2.93. The van der Waals surface area contributed by atoms with E-state index in [1.165, 1.54) is 12.8 Å². The molecule has 0 aromatic carbocycles. The number of nitrogens with zero attached hydrogens (tertiary/aromatic N) is 2. The molecule has 1 aromatic heterocycles. The molecular weight excluding hydrogens is 224 g/mol. The maximum Gasteiger partial charge on any atom is 0.129 e. The van der Waals surface area contributed by atoms with Gasteiger partial charge in [-0.3, -0.25) is 0 Å². The molecule has 0 aliphatic carbocycles. The molecule has 1 N–H and O–H groups in total. The second-order valence-electron chi connectivity index (χ2n) is 4.93. The van der Waals surface area contributed by atoms with E-state index in [0.29, 0.717) is 6.04 Å². The summed E-state index contributed by atoms with van der Waals surface area (Å²) in [5, 5.41) is 9.66. The fraction of sp³-hybridized carbons (Fsp3) is 0.667. The third-order valence-corrected chi connectivity index (χ3v) is 3.42. The molecule has 102 valence electrons. The van der Waals surface area contributed by atoms with Crippen molar-refractivity contribution in [1.29, 1.82) is 0 Å². The van der Waals surface area contributed by atoms with Crippen LogP contribution in [0.2, 0.25) is 0 Å². The largest absolute Gasteiger partial charge is 0.389 e. The maximum absolute atomic E-state index is 9.66. The van der Waals surface area contributed by atoms with Crippen LogP contribution in [0.3, 0.4) is 0 Å². The van der Waals surface area contributed by atoms with Crippen LogP contribution in [0.1, 0.15) is 58.6 Å². The smallest absolute Gasteiger partial charge is 0.129 e. The normalized spacial score (nSPS) is 14.3. The Bertz CT molecular complexity index is 352. The zero-order valence-electron chi connectivity index (χ0n) is 12.1. The number of anilines is 1. The van der Waals surface area contributed by atoms with Gasteiger partial charge >= 0.3 is 0 Å². The van der Waals surface area contributed by atoms with E-state index in [4.69, 9.17) is 0 Å². The summed E-state index contributed by atoms with van der Waals surface area (Å²) >= 11 is 0. The molecule has 3 nitrogen and oxygen atoms in total. The zero-order chi connectivity index (χ0) is 13.5. The summed E-state index contributed by atoms with van der Waals surface area (Å²) in [6.45, 7) is 9.45. The summed E-state index contributed by atoms with van der Waals surface area (Å²) < 4.78 is 0. The molecule has 1 rings (SSSR count). The average molecular weight is 250 g/mol. The topological polar surface area (TPSA) is 36.4 Å². The Morgan fingerprint density at radius 1 is 1.33 bits per heavy atom. The standard InChI is InChI=1S/C15H26N2O/c1-5-7-10-17(12(3)6-2)15-11-14(13(4)18)8-9-16-15/h8-9,11-13,18H,5-7,10H2,1-4H3/t12?,13-/m0/s1. The lowest BCUT2D eigenvalue weighted by molar-refractivity contribution is 0.199. The van der Waals surface area contributed by atoms with Gasteiger partial charge in [0.2, 0.25) is 0 Å². The number of hydrogen-bond acceptors (Lipinski definition) is 3. The SMILES string of the molecule is CCCCN(c1cc([C@H](C)O)ccn1)C(C)CC. The number of aliphatic hydroxyl groups excluding tert-OH is 1. The molecule has 1 unspecified atom stereocenters. The van der Waals surface area contributed by atoms with Gasteiger partial charge in [-0.25, -0.2) is 4.98 Å². The van der Waals surface area contributed by atoms with E-state index in [-0.39, 0.29) is 0 Å². The molecule has 0 radical (unpaired) electrons. The lowest BCUT2D eigenvalue weighted by atomic mass is 10.1. The Kier molecular flexibility index (Phi) is 6.13. The summed E-state index contributed by atoms with van der Waals surface area (Å²) in [4.78, 5) is 6.80. The Morgan fingerprint density at radius 3 is 2.61 bits per heavy atom. The summed E-state index contributed by atoms with van der Waals surface area (Å²) in [5.74, 6) is 0.983. The molecule has 0 bridgehead atoms. The monoisotopic (exact) mass is 250 g/mol. The van der Waals surface area contributed by atoms with Crippen molar-refractivity contribution >= 4 is 5.82 Å². The second-order valence-corrected chi connectivity index (χ2v) is 4.93. The van der Waals surface area contributed by atoms with Crippen molar-refractivity contribution in [3.05, 3.63) is 23.9 Å². The van der Waals surface area contributed by atoms with Crippen LogP contribution in [-0.2, 0) is 0 Å². The van der Waals surface area contributed by atoms with Crippen LogP contribution >= 0.6 is 0 Å². The van der Waals surface area contributed by atoms with Gasteiger partial charge < -0.3 is 10.0 Å². The predicted molar refractivity (Wildman–Crippen MR) is 76.9 cm³/mol. The third kappa shape index (κ3) is 3.98. The molecule has 0 aliphatic rings. The van der Waals surface area contributed by atoms with Crippen LogP contribution in [0.5, 0.6) is 0 Å². The summed E-state index contributed by atoms with van der Waals surface area (Å²) in [5.41, 5.74) is 0.935. The molecule has 2 atom stereocenters. The molecule has 1 aromatic rings. The van der Waals surface area contributed by atoms with Crippen LogP contribution in [0.15, 0.2) is 18.3 Å². The van der Waals surface area contributed by atoms with Crippen molar-refractivity contribution in [2.24, 2.45) is 0 Å². The van der Waals surface area contributed by atoms with Crippen molar-refractivity contribution in [1.82, 2.24) is 4.98 Å². The summed E-state index contributed by atoms with van der Waals surface area (Å²) in [6.07, 6.45) is 4.81. The number of unbranched alkanes of at least 4 members (excludes halogenated alkanes) is 1. The highest BCUT2D eigenvalue weighted by molar-refractivity contribution is 5.42. The first kappa shape index (κ1) is 15.0. The number of pyridine rings is 1. The van der Waals surface area contributed by atoms with Crippen molar-refractivity contribution in [2.45, 2.75) is 59.1 Å². The minimum atomic E-state index is -0.434. The van der Waals surface area contributed by atoms with Crippen molar-refractivity contribution in [2.75, 3.05) is 11.4 Å². The third-order valence-electron chi connectivity index (χ3n) is 3.42. The van der Waals surface area contributed by atoms with Gasteiger partial charge in [0.1, 0.15) is 5.82 Å². The van der Waals surface area contributed by atoms with Crippen LogP contribution < -0.4 is 4.90 Å². The van der Waals surface area contributed by atoms with Gasteiger partial charge in [0.25, 0.3) is 0 Å². The Morgan fingerprint density at radius 2 is 2.06 bits per heavy atom. The van der Waals surface area contributed by atoms with E-state index < -0.39 is 6.10 Å². The zero-order valence-corrected chi connectivity index (χ0v) is 12.1. The van der Waals surface area contributed by atoms with Gasteiger partial charge in [-0.05, 0) is 44.4 Å². The van der Waals surface area contributed by atoms with Crippen LogP contribution in [0, 0.1) is 0 Å². The quantitative estimate of drug-likeness (QED) is 0.804. The minimum Gasteiger partial charge on any atom is -0.389 e. The molecule has 0 aliphatic heterocycles. The van der Waals surface area contributed by atoms with E-state index in [1.54, 1.807) is 13.1 Å². The highest BCUT2D eigenvalue weighted by atomic mass is 16.3. The Labute approximate surface area is 111 Å². The van der Waals surface area contributed by atoms with Crippen LogP contribution in [0.25, 0.3) is 0 Å². The van der Waals surface area contributed by atoms with E-state index in [9.17, 15) is 5.11 Å². The molecule has 0 saturated carbocycles. The fourth-order valence-corrected chi connectivity index (χ4v) is 1.96. The summed E-state index contributed by atoms with van der Waals surface area (Å²) in [7, 11) is 0. The molecule has 1 heterocycles.